The quantitative estimate of drug-likeness (QED) is 0.881. The predicted octanol–water partition coefficient (Wildman–Crippen LogP) is 2.93. The molecule has 2 saturated carbocycles. The summed E-state index contributed by atoms with van der Waals surface area (Å²) in [5.41, 5.74) is 1.69. The van der Waals surface area contributed by atoms with Gasteiger partial charge in [0.15, 0.2) is 0 Å². The molecule has 1 N–H and O–H groups in total. The van der Waals surface area contributed by atoms with Crippen LogP contribution in [0.1, 0.15) is 46.9 Å². The SMILES string of the molecule is CN(Cc1ccc(C(=O)NC2CC2)cc1)C(=O)C1CC1c1ccco1. The zero-order chi connectivity index (χ0) is 17.4. The van der Waals surface area contributed by atoms with Crippen LogP contribution in [0.15, 0.2) is 47.1 Å². The van der Waals surface area contributed by atoms with Crippen LogP contribution in [0.5, 0.6) is 0 Å². The molecule has 1 aromatic carbocycles. The van der Waals surface area contributed by atoms with E-state index < -0.39 is 0 Å². The normalized spacial score (nSPS) is 21.6. The van der Waals surface area contributed by atoms with Gasteiger partial charge < -0.3 is 14.6 Å². The fourth-order valence-corrected chi connectivity index (χ4v) is 3.18. The van der Waals surface area contributed by atoms with Crippen LogP contribution in [-0.2, 0) is 11.3 Å². The van der Waals surface area contributed by atoms with E-state index in [0.717, 1.165) is 30.6 Å². The van der Waals surface area contributed by atoms with Gasteiger partial charge in [-0.2, -0.15) is 0 Å². The summed E-state index contributed by atoms with van der Waals surface area (Å²) in [4.78, 5) is 26.3. The highest BCUT2D eigenvalue weighted by Crippen LogP contribution is 2.48. The van der Waals surface area contributed by atoms with Crippen molar-refractivity contribution >= 4 is 11.8 Å². The molecule has 0 spiro atoms. The Kier molecular flexibility index (Phi) is 4.07. The van der Waals surface area contributed by atoms with Crippen molar-refractivity contribution in [1.29, 1.82) is 0 Å². The number of rotatable bonds is 6. The molecule has 5 nitrogen and oxygen atoms in total. The Morgan fingerprint density at radius 1 is 1.20 bits per heavy atom. The molecule has 2 amide bonds. The van der Waals surface area contributed by atoms with E-state index in [9.17, 15) is 9.59 Å². The van der Waals surface area contributed by atoms with E-state index in [1.807, 2.05) is 43.4 Å². The molecule has 0 aliphatic heterocycles. The molecule has 2 aliphatic carbocycles. The average molecular weight is 338 g/mol. The van der Waals surface area contributed by atoms with Crippen molar-refractivity contribution in [3.05, 3.63) is 59.5 Å². The van der Waals surface area contributed by atoms with Gasteiger partial charge in [0.2, 0.25) is 5.91 Å². The summed E-state index contributed by atoms with van der Waals surface area (Å²) in [5.74, 6) is 1.28. The second-order valence-electron chi connectivity index (χ2n) is 7.10. The standard InChI is InChI=1S/C20H22N2O3/c1-22(20(24)17-11-16(17)18-3-2-10-25-18)12-13-4-6-14(7-5-13)19(23)21-15-8-9-15/h2-7,10,15-17H,8-9,11-12H2,1H3,(H,21,23). The maximum atomic E-state index is 12.5. The molecule has 130 valence electrons. The van der Waals surface area contributed by atoms with E-state index >= 15 is 0 Å². The first-order valence-corrected chi connectivity index (χ1v) is 8.80. The van der Waals surface area contributed by atoms with Gasteiger partial charge in [-0.25, -0.2) is 0 Å². The van der Waals surface area contributed by atoms with Crippen molar-refractivity contribution in [3.8, 4) is 0 Å². The lowest BCUT2D eigenvalue weighted by Crippen LogP contribution is -2.28. The number of carbonyl (C=O) groups excluding carboxylic acids is 2. The molecule has 1 heterocycles. The fraction of sp³-hybridized carbons (Fsp3) is 0.400. The number of nitrogens with one attached hydrogen (secondary N) is 1. The summed E-state index contributed by atoms with van der Waals surface area (Å²) < 4.78 is 5.39. The zero-order valence-corrected chi connectivity index (χ0v) is 14.3. The van der Waals surface area contributed by atoms with E-state index in [1.165, 1.54) is 0 Å². The second kappa shape index (κ2) is 6.39. The van der Waals surface area contributed by atoms with Crippen molar-refractivity contribution in [2.45, 2.75) is 37.8 Å². The minimum atomic E-state index is -0.0160. The lowest BCUT2D eigenvalue weighted by molar-refractivity contribution is -0.131. The summed E-state index contributed by atoms with van der Waals surface area (Å²) >= 11 is 0. The highest BCUT2D eigenvalue weighted by atomic mass is 16.3. The van der Waals surface area contributed by atoms with Crippen LogP contribution in [0, 0.1) is 5.92 Å². The maximum absolute atomic E-state index is 12.5. The van der Waals surface area contributed by atoms with Gasteiger partial charge in [-0.15, -0.1) is 0 Å². The Bertz CT molecular complexity index is 763. The molecule has 0 saturated heterocycles. The first kappa shape index (κ1) is 15.9. The molecule has 2 unspecified atom stereocenters. The first-order chi connectivity index (χ1) is 12.1. The Hall–Kier alpha value is -2.56. The van der Waals surface area contributed by atoms with E-state index in [4.69, 9.17) is 4.42 Å². The van der Waals surface area contributed by atoms with Crippen molar-refractivity contribution in [2.24, 2.45) is 5.92 Å². The van der Waals surface area contributed by atoms with Crippen molar-refractivity contribution in [3.63, 3.8) is 0 Å². The van der Waals surface area contributed by atoms with Crippen LogP contribution in [0.4, 0.5) is 0 Å². The predicted molar refractivity (Wildman–Crippen MR) is 93.0 cm³/mol. The Labute approximate surface area is 147 Å². The molecule has 1 aromatic heterocycles. The van der Waals surface area contributed by atoms with E-state index in [1.54, 1.807) is 11.2 Å². The van der Waals surface area contributed by atoms with Gasteiger partial charge in [-0.05, 0) is 49.1 Å². The number of hydrogen-bond acceptors (Lipinski definition) is 3. The van der Waals surface area contributed by atoms with Gasteiger partial charge in [-0.1, -0.05) is 12.1 Å². The molecule has 25 heavy (non-hydrogen) atoms. The van der Waals surface area contributed by atoms with E-state index in [2.05, 4.69) is 5.32 Å². The maximum Gasteiger partial charge on any atom is 0.251 e. The number of benzene rings is 1. The number of carbonyl (C=O) groups is 2. The molecule has 0 bridgehead atoms. The number of nitrogens with zero attached hydrogens (tertiary/aromatic N) is 1. The Morgan fingerprint density at radius 3 is 2.60 bits per heavy atom. The van der Waals surface area contributed by atoms with Crippen molar-refractivity contribution < 1.29 is 14.0 Å². The average Bonchev–Trinajstić information content (AvgIpc) is 3.54. The van der Waals surface area contributed by atoms with E-state index in [-0.39, 0.29) is 23.7 Å². The molecule has 2 aliphatic rings. The summed E-state index contributed by atoms with van der Waals surface area (Å²) in [6.45, 7) is 0.546. The molecule has 0 radical (unpaired) electrons. The van der Waals surface area contributed by atoms with Crippen LogP contribution in [0.2, 0.25) is 0 Å². The van der Waals surface area contributed by atoms with Crippen molar-refractivity contribution in [2.75, 3.05) is 7.05 Å². The molecule has 2 atom stereocenters. The van der Waals surface area contributed by atoms with Crippen molar-refractivity contribution in [1.82, 2.24) is 10.2 Å². The largest absolute Gasteiger partial charge is 0.469 e. The molecular weight excluding hydrogens is 316 g/mol. The molecule has 5 heteroatoms. The number of furan rings is 1. The van der Waals surface area contributed by atoms with Gasteiger partial charge in [0, 0.05) is 37.0 Å². The zero-order valence-electron chi connectivity index (χ0n) is 14.3. The molecule has 2 aromatic rings. The summed E-state index contributed by atoms with van der Waals surface area (Å²) in [5, 5.41) is 2.98. The Balaban J connectivity index is 1.32. The lowest BCUT2D eigenvalue weighted by atomic mass is 10.1. The van der Waals surface area contributed by atoms with Gasteiger partial charge in [0.25, 0.3) is 5.91 Å². The monoisotopic (exact) mass is 338 g/mol. The van der Waals surface area contributed by atoms with Crippen LogP contribution < -0.4 is 5.32 Å². The third kappa shape index (κ3) is 3.60. The molecule has 4 rings (SSSR count). The third-order valence-corrected chi connectivity index (χ3v) is 4.94. The highest BCUT2D eigenvalue weighted by Gasteiger charge is 2.46. The van der Waals surface area contributed by atoms with Gasteiger partial charge in [0.05, 0.1) is 6.26 Å². The topological polar surface area (TPSA) is 62.6 Å². The minimum absolute atomic E-state index is 0.0160. The summed E-state index contributed by atoms with van der Waals surface area (Å²) in [6.07, 6.45) is 4.67. The third-order valence-electron chi connectivity index (χ3n) is 4.94. The van der Waals surface area contributed by atoms with Crippen LogP contribution in [0.25, 0.3) is 0 Å². The lowest BCUT2D eigenvalue weighted by Gasteiger charge is -2.17. The smallest absolute Gasteiger partial charge is 0.251 e. The van der Waals surface area contributed by atoms with Crippen LogP contribution in [0.3, 0.4) is 0 Å². The van der Waals surface area contributed by atoms with Gasteiger partial charge >= 0.3 is 0 Å². The molecule has 2 fully saturated rings. The summed E-state index contributed by atoms with van der Waals surface area (Å²) in [7, 11) is 1.83. The van der Waals surface area contributed by atoms with Crippen LogP contribution in [-0.4, -0.2) is 29.8 Å². The number of amides is 2. The fourth-order valence-electron chi connectivity index (χ4n) is 3.18. The van der Waals surface area contributed by atoms with E-state index in [0.29, 0.717) is 18.2 Å². The summed E-state index contributed by atoms with van der Waals surface area (Å²) in [6, 6.07) is 11.6. The first-order valence-electron chi connectivity index (χ1n) is 8.80. The Morgan fingerprint density at radius 2 is 1.96 bits per heavy atom. The number of hydrogen-bond donors (Lipinski definition) is 1. The van der Waals surface area contributed by atoms with Gasteiger partial charge in [0.1, 0.15) is 5.76 Å². The molecular formula is C20H22N2O3. The second-order valence-corrected chi connectivity index (χ2v) is 7.10. The van der Waals surface area contributed by atoms with Gasteiger partial charge in [-0.3, -0.25) is 9.59 Å². The minimum Gasteiger partial charge on any atom is -0.469 e. The van der Waals surface area contributed by atoms with Crippen LogP contribution >= 0.6 is 0 Å². The highest BCUT2D eigenvalue weighted by molar-refractivity contribution is 5.94.